The third-order valence-electron chi connectivity index (χ3n) is 3.94. The normalized spacial score (nSPS) is 10.6. The van der Waals surface area contributed by atoms with Gasteiger partial charge in [-0.05, 0) is 19.1 Å². The van der Waals surface area contributed by atoms with Gasteiger partial charge in [0.05, 0.1) is 12.2 Å². The molecule has 1 aromatic heterocycles. The van der Waals surface area contributed by atoms with Gasteiger partial charge >= 0.3 is 0 Å². The second-order valence-electron chi connectivity index (χ2n) is 5.62. The fraction of sp³-hybridized carbons (Fsp3) is 0.167. The first-order valence-corrected chi connectivity index (χ1v) is 7.78. The zero-order valence-corrected chi connectivity index (χ0v) is 13.7. The Kier molecular flexibility index (Phi) is 4.65. The van der Waals surface area contributed by atoms with Crippen LogP contribution in [-0.2, 0) is 13.1 Å². The van der Waals surface area contributed by atoms with E-state index in [4.69, 9.17) is 0 Å². The molecule has 7 nitrogen and oxygen atoms in total. The number of hydrogen-bond donors (Lipinski definition) is 3. The third kappa shape index (κ3) is 3.60. The molecule has 1 amide bonds. The number of amides is 1. The number of carbonyl (C=O) groups is 1. The number of benzene rings is 2. The lowest BCUT2D eigenvalue weighted by atomic mass is 10.2. The van der Waals surface area contributed by atoms with Gasteiger partial charge in [0.25, 0.3) is 5.91 Å². The summed E-state index contributed by atoms with van der Waals surface area (Å²) in [4.78, 5) is 12.3. The molecule has 25 heavy (non-hydrogen) atoms. The van der Waals surface area contributed by atoms with Crippen LogP contribution in [0.2, 0.25) is 0 Å². The quantitative estimate of drug-likeness (QED) is 0.660. The highest BCUT2D eigenvalue weighted by Gasteiger charge is 2.17. The summed E-state index contributed by atoms with van der Waals surface area (Å²) in [5.41, 5.74) is 2.12. The van der Waals surface area contributed by atoms with Crippen LogP contribution < -0.4 is 5.32 Å². The van der Waals surface area contributed by atoms with Gasteiger partial charge in [0.2, 0.25) is 0 Å². The SMILES string of the molecule is Cc1c(C(=O)NCc2ccccc2O)nnn1Cc1ccccc1O. The van der Waals surface area contributed by atoms with Gasteiger partial charge in [-0.1, -0.05) is 41.6 Å². The number of hydrogen-bond acceptors (Lipinski definition) is 5. The maximum absolute atomic E-state index is 12.3. The standard InChI is InChI=1S/C18H18N4O3/c1-12-17(18(25)19-10-13-6-2-4-8-15(13)23)20-21-22(12)11-14-7-3-5-9-16(14)24/h2-9,23-24H,10-11H2,1H3,(H,19,25). The smallest absolute Gasteiger partial charge is 0.274 e. The van der Waals surface area contributed by atoms with Crippen LogP contribution in [0.3, 0.4) is 0 Å². The van der Waals surface area contributed by atoms with Gasteiger partial charge in [-0.3, -0.25) is 4.79 Å². The first-order chi connectivity index (χ1) is 12.1. The minimum Gasteiger partial charge on any atom is -0.508 e. The zero-order chi connectivity index (χ0) is 17.8. The molecule has 0 fully saturated rings. The molecule has 0 aliphatic heterocycles. The Bertz CT molecular complexity index is 905. The number of phenols is 2. The number of aromatic nitrogens is 3. The van der Waals surface area contributed by atoms with E-state index in [1.807, 2.05) is 6.07 Å². The molecule has 3 N–H and O–H groups in total. The van der Waals surface area contributed by atoms with Crippen molar-refractivity contribution < 1.29 is 15.0 Å². The summed E-state index contributed by atoms with van der Waals surface area (Å²) in [7, 11) is 0. The van der Waals surface area contributed by atoms with Crippen LogP contribution in [-0.4, -0.2) is 31.1 Å². The van der Waals surface area contributed by atoms with E-state index in [2.05, 4.69) is 15.6 Å². The Morgan fingerprint density at radius 3 is 2.28 bits per heavy atom. The third-order valence-corrected chi connectivity index (χ3v) is 3.94. The van der Waals surface area contributed by atoms with Crippen LogP contribution >= 0.6 is 0 Å². The van der Waals surface area contributed by atoms with Crippen LogP contribution in [0.15, 0.2) is 48.5 Å². The van der Waals surface area contributed by atoms with E-state index in [0.29, 0.717) is 23.4 Å². The zero-order valence-electron chi connectivity index (χ0n) is 13.7. The lowest BCUT2D eigenvalue weighted by molar-refractivity contribution is 0.0945. The predicted octanol–water partition coefficient (Wildman–Crippen LogP) is 1.98. The number of para-hydroxylation sites is 2. The maximum Gasteiger partial charge on any atom is 0.274 e. The fourth-order valence-corrected chi connectivity index (χ4v) is 2.45. The molecule has 0 radical (unpaired) electrons. The second-order valence-corrected chi connectivity index (χ2v) is 5.62. The highest BCUT2D eigenvalue weighted by Crippen LogP contribution is 2.18. The van der Waals surface area contributed by atoms with Crippen molar-refractivity contribution in [2.75, 3.05) is 0 Å². The Morgan fingerprint density at radius 1 is 1.04 bits per heavy atom. The lowest BCUT2D eigenvalue weighted by Crippen LogP contribution is -2.24. The van der Waals surface area contributed by atoms with Crippen molar-refractivity contribution in [3.63, 3.8) is 0 Å². The molecule has 3 rings (SSSR count). The first-order valence-electron chi connectivity index (χ1n) is 7.78. The van der Waals surface area contributed by atoms with E-state index in [1.54, 1.807) is 54.1 Å². The van der Waals surface area contributed by atoms with Crippen LogP contribution in [0.5, 0.6) is 11.5 Å². The van der Waals surface area contributed by atoms with Gasteiger partial charge in [-0.2, -0.15) is 0 Å². The van der Waals surface area contributed by atoms with Crippen molar-refractivity contribution in [1.29, 1.82) is 0 Å². The van der Waals surface area contributed by atoms with E-state index < -0.39 is 0 Å². The molecule has 0 bridgehead atoms. The van der Waals surface area contributed by atoms with Crippen molar-refractivity contribution in [1.82, 2.24) is 20.3 Å². The average Bonchev–Trinajstić information content (AvgIpc) is 2.97. The van der Waals surface area contributed by atoms with Gasteiger partial charge in [-0.25, -0.2) is 4.68 Å². The van der Waals surface area contributed by atoms with Gasteiger partial charge in [0.15, 0.2) is 5.69 Å². The minimum absolute atomic E-state index is 0.128. The number of nitrogens with one attached hydrogen (secondary N) is 1. The Hall–Kier alpha value is -3.35. The number of carbonyl (C=O) groups excluding carboxylic acids is 1. The van der Waals surface area contributed by atoms with Crippen molar-refractivity contribution >= 4 is 5.91 Å². The Labute approximate surface area is 144 Å². The maximum atomic E-state index is 12.3. The first kappa shape index (κ1) is 16.5. The molecule has 0 saturated carbocycles. The van der Waals surface area contributed by atoms with Crippen molar-refractivity contribution in [3.05, 3.63) is 71.0 Å². The number of phenolic OH excluding ortho intramolecular Hbond substituents is 2. The molecule has 2 aromatic carbocycles. The molecule has 0 aliphatic carbocycles. The van der Waals surface area contributed by atoms with Crippen LogP contribution in [0.4, 0.5) is 0 Å². The van der Waals surface area contributed by atoms with Gasteiger partial charge < -0.3 is 15.5 Å². The number of aromatic hydroxyl groups is 2. The van der Waals surface area contributed by atoms with Crippen LogP contribution in [0.25, 0.3) is 0 Å². The summed E-state index contributed by atoms with van der Waals surface area (Å²) in [5, 5.41) is 30.2. The van der Waals surface area contributed by atoms with E-state index in [1.165, 1.54) is 0 Å². The molecule has 3 aromatic rings. The fourth-order valence-electron chi connectivity index (χ4n) is 2.45. The van der Waals surface area contributed by atoms with E-state index >= 15 is 0 Å². The van der Waals surface area contributed by atoms with Gasteiger partial charge in [0.1, 0.15) is 11.5 Å². The molecular weight excluding hydrogens is 320 g/mol. The predicted molar refractivity (Wildman–Crippen MR) is 91.2 cm³/mol. The minimum atomic E-state index is -0.371. The summed E-state index contributed by atoms with van der Waals surface area (Å²) in [6.45, 7) is 2.25. The van der Waals surface area contributed by atoms with Gasteiger partial charge in [-0.15, -0.1) is 5.10 Å². The van der Waals surface area contributed by atoms with E-state index in [-0.39, 0.29) is 29.6 Å². The van der Waals surface area contributed by atoms with Crippen LogP contribution in [0.1, 0.15) is 27.3 Å². The molecule has 0 saturated heterocycles. The molecule has 0 atom stereocenters. The van der Waals surface area contributed by atoms with Crippen molar-refractivity contribution in [2.45, 2.75) is 20.0 Å². The van der Waals surface area contributed by atoms with Crippen molar-refractivity contribution in [2.24, 2.45) is 0 Å². The Morgan fingerprint density at radius 2 is 1.64 bits per heavy atom. The molecule has 128 valence electrons. The topological polar surface area (TPSA) is 100 Å². The van der Waals surface area contributed by atoms with E-state index in [0.717, 1.165) is 0 Å². The molecule has 7 heteroatoms. The molecule has 0 unspecified atom stereocenters. The van der Waals surface area contributed by atoms with Crippen LogP contribution in [0, 0.1) is 6.92 Å². The number of rotatable bonds is 5. The average molecular weight is 338 g/mol. The summed E-state index contributed by atoms with van der Waals surface area (Å²) in [6.07, 6.45) is 0. The summed E-state index contributed by atoms with van der Waals surface area (Å²) < 4.78 is 1.56. The highest BCUT2D eigenvalue weighted by atomic mass is 16.3. The van der Waals surface area contributed by atoms with Crippen molar-refractivity contribution in [3.8, 4) is 11.5 Å². The monoisotopic (exact) mass is 338 g/mol. The Balaban J connectivity index is 1.71. The van der Waals surface area contributed by atoms with E-state index in [9.17, 15) is 15.0 Å². The summed E-state index contributed by atoms with van der Waals surface area (Å²) >= 11 is 0. The number of nitrogens with zero attached hydrogens (tertiary/aromatic N) is 3. The summed E-state index contributed by atoms with van der Waals surface area (Å²) in [6, 6.07) is 13.7. The highest BCUT2D eigenvalue weighted by molar-refractivity contribution is 5.93. The lowest BCUT2D eigenvalue weighted by Gasteiger charge is -2.07. The molecule has 0 aliphatic rings. The largest absolute Gasteiger partial charge is 0.508 e. The summed E-state index contributed by atoms with van der Waals surface area (Å²) in [5.74, 6) is -0.0741. The molecule has 1 heterocycles. The molecular formula is C18H18N4O3. The second kappa shape index (κ2) is 7.04. The van der Waals surface area contributed by atoms with Gasteiger partial charge in [0, 0.05) is 17.7 Å². The molecule has 0 spiro atoms.